The lowest BCUT2D eigenvalue weighted by molar-refractivity contribution is 0.0365. The molecule has 3 aromatic rings. The summed E-state index contributed by atoms with van der Waals surface area (Å²) in [4.78, 5) is 17.3. The molecular formula is C21H24N2O2S. The Morgan fingerprint density at radius 2 is 1.81 bits per heavy atom. The molecule has 3 heterocycles. The summed E-state index contributed by atoms with van der Waals surface area (Å²) in [5.74, 6) is 0.114. The first-order valence-corrected chi connectivity index (χ1v) is 9.94. The SMILES string of the molecule is Cc1ccc(C(=O)c2cc3cc(C)n(CCN4CCOCC4)c3s2)cc1. The summed E-state index contributed by atoms with van der Waals surface area (Å²) in [7, 11) is 0. The van der Waals surface area contributed by atoms with Gasteiger partial charge in [0.15, 0.2) is 0 Å². The molecule has 1 aromatic carbocycles. The largest absolute Gasteiger partial charge is 0.379 e. The molecule has 0 spiro atoms. The van der Waals surface area contributed by atoms with Crippen LogP contribution in [-0.2, 0) is 11.3 Å². The maximum absolute atomic E-state index is 12.8. The second kappa shape index (κ2) is 7.35. The predicted molar refractivity (Wildman–Crippen MR) is 106 cm³/mol. The van der Waals surface area contributed by atoms with E-state index in [1.165, 1.54) is 21.5 Å². The van der Waals surface area contributed by atoms with Crippen molar-refractivity contribution in [1.29, 1.82) is 0 Å². The van der Waals surface area contributed by atoms with Gasteiger partial charge in [-0.05, 0) is 26.0 Å². The van der Waals surface area contributed by atoms with Crippen LogP contribution in [0.3, 0.4) is 0 Å². The van der Waals surface area contributed by atoms with E-state index in [-0.39, 0.29) is 5.78 Å². The lowest BCUT2D eigenvalue weighted by Crippen LogP contribution is -2.38. The highest BCUT2D eigenvalue weighted by molar-refractivity contribution is 7.20. The summed E-state index contributed by atoms with van der Waals surface area (Å²) in [5.41, 5.74) is 3.19. The summed E-state index contributed by atoms with van der Waals surface area (Å²) >= 11 is 1.61. The number of morpholine rings is 1. The first-order valence-electron chi connectivity index (χ1n) is 9.13. The van der Waals surface area contributed by atoms with Crippen molar-refractivity contribution in [2.45, 2.75) is 20.4 Å². The number of hydrogen-bond donors (Lipinski definition) is 0. The van der Waals surface area contributed by atoms with Crippen LogP contribution in [0.2, 0.25) is 0 Å². The van der Waals surface area contributed by atoms with Gasteiger partial charge in [0.25, 0.3) is 0 Å². The Kier molecular flexibility index (Phi) is 4.94. The molecule has 0 amide bonds. The number of ether oxygens (including phenoxy) is 1. The molecule has 1 aliphatic rings. The van der Waals surface area contributed by atoms with Gasteiger partial charge in [-0.15, -0.1) is 11.3 Å². The quantitative estimate of drug-likeness (QED) is 0.641. The number of carbonyl (C=O) groups excluding carboxylic acids is 1. The predicted octanol–water partition coefficient (Wildman–Crippen LogP) is 3.88. The standard InChI is InChI=1S/C21H24N2O2S/c1-15-3-5-17(6-4-15)20(24)19-14-18-13-16(2)23(21(18)26-19)8-7-22-9-11-25-12-10-22/h3-6,13-14H,7-12H2,1-2H3. The summed E-state index contributed by atoms with van der Waals surface area (Å²) in [6, 6.07) is 12.1. The molecule has 1 aliphatic heterocycles. The van der Waals surface area contributed by atoms with Crippen molar-refractivity contribution in [2.24, 2.45) is 0 Å². The average molecular weight is 369 g/mol. The molecular weight excluding hydrogens is 344 g/mol. The fourth-order valence-corrected chi connectivity index (χ4v) is 4.66. The van der Waals surface area contributed by atoms with Crippen molar-refractivity contribution in [2.75, 3.05) is 32.8 Å². The van der Waals surface area contributed by atoms with Crippen LogP contribution in [0.5, 0.6) is 0 Å². The Hall–Kier alpha value is -1.95. The van der Waals surface area contributed by atoms with E-state index in [1.807, 2.05) is 37.3 Å². The monoisotopic (exact) mass is 368 g/mol. The van der Waals surface area contributed by atoms with Crippen LogP contribution in [-0.4, -0.2) is 48.1 Å². The van der Waals surface area contributed by atoms with E-state index >= 15 is 0 Å². The minimum absolute atomic E-state index is 0.114. The highest BCUT2D eigenvalue weighted by Gasteiger charge is 2.17. The number of hydrogen-bond acceptors (Lipinski definition) is 4. The molecule has 136 valence electrons. The second-order valence-corrected chi connectivity index (χ2v) is 7.99. The first-order chi connectivity index (χ1) is 12.6. The molecule has 1 saturated heterocycles. The normalized spacial score (nSPS) is 15.6. The van der Waals surface area contributed by atoms with Crippen LogP contribution in [0.15, 0.2) is 36.4 Å². The number of ketones is 1. The van der Waals surface area contributed by atoms with Gasteiger partial charge in [-0.2, -0.15) is 0 Å². The summed E-state index contributed by atoms with van der Waals surface area (Å²) in [5, 5.41) is 1.17. The average Bonchev–Trinajstić information content (AvgIpc) is 3.18. The summed E-state index contributed by atoms with van der Waals surface area (Å²) in [6.07, 6.45) is 0. The molecule has 0 saturated carbocycles. The van der Waals surface area contributed by atoms with Gasteiger partial charge in [-0.25, -0.2) is 0 Å². The Bertz CT molecular complexity index is 918. The Labute approximate surface area is 158 Å². The molecule has 4 nitrogen and oxygen atoms in total. The van der Waals surface area contributed by atoms with E-state index in [4.69, 9.17) is 4.74 Å². The van der Waals surface area contributed by atoms with Crippen molar-refractivity contribution < 1.29 is 9.53 Å². The van der Waals surface area contributed by atoms with Gasteiger partial charge in [0.05, 0.1) is 18.1 Å². The maximum atomic E-state index is 12.8. The molecule has 26 heavy (non-hydrogen) atoms. The summed E-state index contributed by atoms with van der Waals surface area (Å²) in [6.45, 7) is 9.82. The van der Waals surface area contributed by atoms with Crippen molar-refractivity contribution in [1.82, 2.24) is 9.47 Å². The number of fused-ring (bicyclic) bond motifs is 1. The Balaban J connectivity index is 1.56. The van der Waals surface area contributed by atoms with Gasteiger partial charge in [-0.3, -0.25) is 9.69 Å². The third kappa shape index (κ3) is 3.47. The van der Waals surface area contributed by atoms with Crippen LogP contribution in [0, 0.1) is 13.8 Å². The minimum atomic E-state index is 0.114. The number of nitrogens with zero attached hydrogens (tertiary/aromatic N) is 2. The van der Waals surface area contributed by atoms with Crippen molar-refractivity contribution in [3.8, 4) is 0 Å². The zero-order valence-electron chi connectivity index (χ0n) is 15.3. The van der Waals surface area contributed by atoms with Gasteiger partial charge < -0.3 is 9.30 Å². The molecule has 0 N–H and O–H groups in total. The molecule has 0 unspecified atom stereocenters. The number of rotatable bonds is 5. The zero-order valence-corrected chi connectivity index (χ0v) is 16.1. The van der Waals surface area contributed by atoms with Crippen molar-refractivity contribution in [3.63, 3.8) is 0 Å². The maximum Gasteiger partial charge on any atom is 0.203 e. The number of thiophene rings is 1. The van der Waals surface area contributed by atoms with Crippen LogP contribution >= 0.6 is 11.3 Å². The van der Waals surface area contributed by atoms with Gasteiger partial charge >= 0.3 is 0 Å². The van der Waals surface area contributed by atoms with Crippen molar-refractivity contribution in [3.05, 3.63) is 58.1 Å². The fourth-order valence-electron chi connectivity index (χ4n) is 3.48. The van der Waals surface area contributed by atoms with E-state index in [1.54, 1.807) is 11.3 Å². The molecule has 0 bridgehead atoms. The van der Waals surface area contributed by atoms with Gasteiger partial charge in [0, 0.05) is 42.8 Å². The highest BCUT2D eigenvalue weighted by atomic mass is 32.1. The number of carbonyl (C=O) groups is 1. The molecule has 0 aliphatic carbocycles. The molecule has 0 radical (unpaired) electrons. The van der Waals surface area contributed by atoms with Crippen molar-refractivity contribution >= 4 is 27.3 Å². The van der Waals surface area contributed by atoms with E-state index in [2.05, 4.69) is 22.5 Å². The second-order valence-electron chi connectivity index (χ2n) is 6.96. The number of aryl methyl sites for hydroxylation is 2. The van der Waals surface area contributed by atoms with Gasteiger partial charge in [0.1, 0.15) is 4.83 Å². The van der Waals surface area contributed by atoms with Gasteiger partial charge in [-0.1, -0.05) is 29.8 Å². The molecule has 4 rings (SSSR count). The third-order valence-electron chi connectivity index (χ3n) is 5.06. The minimum Gasteiger partial charge on any atom is -0.379 e. The smallest absolute Gasteiger partial charge is 0.203 e. The lowest BCUT2D eigenvalue weighted by Gasteiger charge is -2.26. The van der Waals surface area contributed by atoms with Crippen LogP contribution < -0.4 is 0 Å². The highest BCUT2D eigenvalue weighted by Crippen LogP contribution is 2.30. The van der Waals surface area contributed by atoms with E-state index in [0.717, 1.165) is 49.8 Å². The molecule has 0 atom stereocenters. The van der Waals surface area contributed by atoms with E-state index in [9.17, 15) is 4.79 Å². The van der Waals surface area contributed by atoms with E-state index in [0.29, 0.717) is 0 Å². The fraction of sp³-hybridized carbons (Fsp3) is 0.381. The van der Waals surface area contributed by atoms with Crippen LogP contribution in [0.25, 0.3) is 10.2 Å². The lowest BCUT2D eigenvalue weighted by atomic mass is 10.1. The number of aromatic nitrogens is 1. The molecule has 2 aromatic heterocycles. The Morgan fingerprint density at radius 1 is 1.08 bits per heavy atom. The van der Waals surface area contributed by atoms with Crippen LogP contribution in [0.1, 0.15) is 26.5 Å². The van der Waals surface area contributed by atoms with Gasteiger partial charge in [0.2, 0.25) is 5.78 Å². The summed E-state index contributed by atoms with van der Waals surface area (Å²) < 4.78 is 7.77. The third-order valence-corrected chi connectivity index (χ3v) is 6.23. The van der Waals surface area contributed by atoms with E-state index < -0.39 is 0 Å². The zero-order chi connectivity index (χ0) is 18.1. The Morgan fingerprint density at radius 3 is 2.54 bits per heavy atom. The number of benzene rings is 1. The molecule has 5 heteroatoms. The topological polar surface area (TPSA) is 34.5 Å². The first kappa shape index (κ1) is 17.5. The van der Waals surface area contributed by atoms with Crippen LogP contribution in [0.4, 0.5) is 0 Å². The molecule has 1 fully saturated rings.